The van der Waals surface area contributed by atoms with Crippen molar-refractivity contribution >= 4 is 13.8 Å². The van der Waals surface area contributed by atoms with Gasteiger partial charge >= 0.3 is 13.8 Å². The van der Waals surface area contributed by atoms with E-state index in [2.05, 4.69) is 86.8 Å². The first-order valence-electron chi connectivity index (χ1n) is 24.4. The van der Waals surface area contributed by atoms with Crippen molar-refractivity contribution in [1.29, 1.82) is 0 Å². The molecule has 0 aliphatic carbocycles. The van der Waals surface area contributed by atoms with Crippen LogP contribution in [0.4, 0.5) is 0 Å². The van der Waals surface area contributed by atoms with Crippen molar-refractivity contribution in [2.75, 3.05) is 33.0 Å². The number of phosphoric acid groups is 1. The lowest BCUT2D eigenvalue weighted by molar-refractivity contribution is -0.154. The van der Waals surface area contributed by atoms with Crippen LogP contribution in [0.15, 0.2) is 72.9 Å². The van der Waals surface area contributed by atoms with Crippen LogP contribution in [0, 0.1) is 0 Å². The second kappa shape index (κ2) is 47.4. The van der Waals surface area contributed by atoms with Gasteiger partial charge in [-0.15, -0.1) is 0 Å². The Morgan fingerprint density at radius 3 is 1.38 bits per heavy atom. The van der Waals surface area contributed by atoms with E-state index < -0.39 is 45.8 Å². The molecule has 3 atom stereocenters. The Balaban J connectivity index is 4.20. The number of aliphatic hydroxyl groups is 2. The van der Waals surface area contributed by atoms with Gasteiger partial charge in [0.1, 0.15) is 12.2 Å². The molecular formula is C51H91O9P. The van der Waals surface area contributed by atoms with Gasteiger partial charge in [0.05, 0.1) is 26.4 Å². The summed E-state index contributed by atoms with van der Waals surface area (Å²) in [7, 11) is -4.54. The maximum atomic E-state index is 12.7. The minimum atomic E-state index is -4.54. The number of esters is 1. The summed E-state index contributed by atoms with van der Waals surface area (Å²) in [4.78, 5) is 22.6. The number of carbonyl (C=O) groups is 1. The summed E-state index contributed by atoms with van der Waals surface area (Å²) in [5, 5.41) is 18.4. The van der Waals surface area contributed by atoms with Crippen LogP contribution in [0.1, 0.15) is 200 Å². The number of unbranched alkanes of at least 4 members (excludes halogenated alkanes) is 20. The van der Waals surface area contributed by atoms with Gasteiger partial charge < -0.3 is 24.6 Å². The zero-order chi connectivity index (χ0) is 44.6. The van der Waals surface area contributed by atoms with Gasteiger partial charge in [-0.1, -0.05) is 202 Å². The first kappa shape index (κ1) is 58.9. The summed E-state index contributed by atoms with van der Waals surface area (Å²) in [6, 6.07) is 0. The van der Waals surface area contributed by atoms with Crippen LogP contribution in [0.3, 0.4) is 0 Å². The van der Waals surface area contributed by atoms with Crippen LogP contribution in [-0.2, 0) is 27.9 Å². The van der Waals surface area contributed by atoms with Gasteiger partial charge in [-0.3, -0.25) is 13.8 Å². The average Bonchev–Trinajstić information content (AvgIpc) is 3.25. The molecule has 0 heterocycles. The van der Waals surface area contributed by atoms with Gasteiger partial charge in [-0.05, 0) is 64.2 Å². The van der Waals surface area contributed by atoms with Crippen molar-refractivity contribution in [3.8, 4) is 0 Å². The molecule has 0 aliphatic heterocycles. The molecular weight excluding hydrogens is 788 g/mol. The minimum absolute atomic E-state index is 0.0303. The van der Waals surface area contributed by atoms with Crippen molar-refractivity contribution < 1.29 is 43.0 Å². The Kier molecular flexibility index (Phi) is 45.7. The minimum Gasteiger partial charge on any atom is -0.457 e. The van der Waals surface area contributed by atoms with E-state index in [1.807, 2.05) is 0 Å². The molecule has 0 aromatic rings. The van der Waals surface area contributed by atoms with Gasteiger partial charge in [0.15, 0.2) is 0 Å². The Labute approximate surface area is 373 Å². The molecule has 9 nitrogen and oxygen atoms in total. The van der Waals surface area contributed by atoms with Crippen molar-refractivity contribution in [2.45, 2.75) is 212 Å². The first-order chi connectivity index (χ1) is 29.8. The largest absolute Gasteiger partial charge is 0.472 e. The number of ether oxygens (including phenoxy) is 2. The molecule has 0 bridgehead atoms. The molecule has 0 saturated heterocycles. The molecule has 0 aromatic heterocycles. The van der Waals surface area contributed by atoms with Crippen LogP contribution >= 0.6 is 7.82 Å². The molecule has 3 N–H and O–H groups in total. The zero-order valence-electron chi connectivity index (χ0n) is 38.9. The molecule has 0 aromatic carbocycles. The third-order valence-electron chi connectivity index (χ3n) is 10.2. The second-order valence-electron chi connectivity index (χ2n) is 16.1. The van der Waals surface area contributed by atoms with Crippen molar-refractivity contribution in [3.63, 3.8) is 0 Å². The predicted octanol–water partition coefficient (Wildman–Crippen LogP) is 14.1. The monoisotopic (exact) mass is 879 g/mol. The van der Waals surface area contributed by atoms with E-state index >= 15 is 0 Å². The highest BCUT2D eigenvalue weighted by Crippen LogP contribution is 2.43. The number of aliphatic hydroxyl groups excluding tert-OH is 2. The number of hydrogen-bond acceptors (Lipinski definition) is 8. The maximum Gasteiger partial charge on any atom is 0.472 e. The van der Waals surface area contributed by atoms with Crippen LogP contribution in [0.2, 0.25) is 0 Å². The predicted molar refractivity (Wildman–Crippen MR) is 256 cm³/mol. The van der Waals surface area contributed by atoms with Crippen LogP contribution in [0.25, 0.3) is 0 Å². The Morgan fingerprint density at radius 1 is 0.525 bits per heavy atom. The smallest absolute Gasteiger partial charge is 0.457 e. The standard InChI is InChI=1S/C51H91O9P/c1-3-5-7-9-11-13-15-17-19-21-23-24-25-27-29-31-33-35-37-39-41-43-51(54)60-50(48-59-61(55,56)58-46-49(53)45-52)47-57-44-42-40-38-36-34-32-30-28-26-22-20-18-16-14-12-10-8-6-4-2/h5,7,11,13,17,19,23-24,27,29,33,35,49-50,52-53H,3-4,6,8-10,12,14-16,18,20-22,25-26,28,30-32,34,36-48H2,1-2H3,(H,55,56)/b7-5-,13-11-,19-17-,24-23-,29-27-,35-33-. The van der Waals surface area contributed by atoms with Crippen LogP contribution in [0.5, 0.6) is 0 Å². The SMILES string of the molecule is CC/C=C\C/C=C\C/C=C\C/C=C\C/C=C\C/C=C\CCCCC(=O)OC(COCCCCCCCCCCCCCCCCCCCCC)COP(=O)(O)OCC(O)CO. The molecule has 0 radical (unpaired) electrons. The number of hydrogen-bond donors (Lipinski definition) is 3. The molecule has 354 valence electrons. The summed E-state index contributed by atoms with van der Waals surface area (Å²) in [5.41, 5.74) is 0. The van der Waals surface area contributed by atoms with E-state index in [0.29, 0.717) is 13.0 Å². The third-order valence-corrected chi connectivity index (χ3v) is 11.1. The highest BCUT2D eigenvalue weighted by Gasteiger charge is 2.26. The maximum absolute atomic E-state index is 12.7. The van der Waals surface area contributed by atoms with Crippen LogP contribution < -0.4 is 0 Å². The van der Waals surface area contributed by atoms with E-state index in [1.54, 1.807) is 0 Å². The molecule has 0 rings (SSSR count). The quantitative estimate of drug-likeness (QED) is 0.0237. The number of carbonyl (C=O) groups excluding carboxylic acids is 1. The number of allylic oxidation sites excluding steroid dienone is 12. The highest BCUT2D eigenvalue weighted by molar-refractivity contribution is 7.47. The number of phosphoric ester groups is 1. The molecule has 0 saturated carbocycles. The lowest BCUT2D eigenvalue weighted by atomic mass is 10.0. The first-order valence-corrected chi connectivity index (χ1v) is 25.9. The summed E-state index contributed by atoms with van der Waals surface area (Å²) in [5.74, 6) is -0.423. The Hall–Kier alpha value is -2.10. The lowest BCUT2D eigenvalue weighted by Gasteiger charge is -2.20. The fraction of sp³-hybridized carbons (Fsp3) is 0.745. The highest BCUT2D eigenvalue weighted by atomic mass is 31.2. The van der Waals surface area contributed by atoms with Crippen molar-refractivity contribution in [3.05, 3.63) is 72.9 Å². The fourth-order valence-electron chi connectivity index (χ4n) is 6.48. The molecule has 3 unspecified atom stereocenters. The summed E-state index contributed by atoms with van der Waals surface area (Å²) in [6.45, 7) is 3.36. The fourth-order valence-corrected chi connectivity index (χ4v) is 7.27. The van der Waals surface area contributed by atoms with E-state index in [9.17, 15) is 19.4 Å². The van der Waals surface area contributed by atoms with Gasteiger partial charge in [-0.2, -0.15) is 0 Å². The van der Waals surface area contributed by atoms with Gasteiger partial charge in [0.25, 0.3) is 0 Å². The normalized spacial score (nSPS) is 14.5. The number of rotatable bonds is 46. The second-order valence-corrected chi connectivity index (χ2v) is 17.6. The summed E-state index contributed by atoms with van der Waals surface area (Å²) >= 11 is 0. The van der Waals surface area contributed by atoms with Crippen molar-refractivity contribution in [2.24, 2.45) is 0 Å². The topological polar surface area (TPSA) is 132 Å². The molecule has 0 aliphatic rings. The van der Waals surface area contributed by atoms with E-state index in [4.69, 9.17) is 23.6 Å². The molecule has 0 spiro atoms. The molecule has 0 fully saturated rings. The average molecular weight is 879 g/mol. The molecule has 10 heteroatoms. The zero-order valence-corrected chi connectivity index (χ0v) is 39.8. The molecule has 61 heavy (non-hydrogen) atoms. The van der Waals surface area contributed by atoms with E-state index in [-0.39, 0.29) is 13.0 Å². The van der Waals surface area contributed by atoms with E-state index in [1.165, 1.54) is 103 Å². The van der Waals surface area contributed by atoms with Gasteiger partial charge in [0, 0.05) is 13.0 Å². The molecule has 0 amide bonds. The Bertz CT molecular complexity index is 1180. The summed E-state index contributed by atoms with van der Waals surface area (Å²) < 4.78 is 33.4. The van der Waals surface area contributed by atoms with Crippen LogP contribution in [-0.4, -0.2) is 66.3 Å². The Morgan fingerprint density at radius 2 is 0.934 bits per heavy atom. The van der Waals surface area contributed by atoms with E-state index in [0.717, 1.165) is 70.6 Å². The van der Waals surface area contributed by atoms with Crippen molar-refractivity contribution in [1.82, 2.24) is 0 Å². The summed E-state index contributed by atoms with van der Waals surface area (Å²) in [6.07, 6.45) is 57.3. The third kappa shape index (κ3) is 47.2. The van der Waals surface area contributed by atoms with Gasteiger partial charge in [0.2, 0.25) is 0 Å². The van der Waals surface area contributed by atoms with Gasteiger partial charge in [-0.25, -0.2) is 4.57 Å². The lowest BCUT2D eigenvalue weighted by Crippen LogP contribution is -2.29.